The van der Waals surface area contributed by atoms with E-state index in [1.54, 1.807) is 6.07 Å². The van der Waals surface area contributed by atoms with Crippen LogP contribution in [0.4, 0.5) is 18.0 Å². The van der Waals surface area contributed by atoms with E-state index in [1.807, 2.05) is 0 Å². The Labute approximate surface area is 135 Å². The highest BCUT2D eigenvalue weighted by molar-refractivity contribution is 5.65. The molecule has 0 bridgehead atoms. The van der Waals surface area contributed by atoms with Gasteiger partial charge in [0.15, 0.2) is 0 Å². The molecular formula is C15H14F3N3O3. The summed E-state index contributed by atoms with van der Waals surface area (Å²) in [6, 6.07) is 3.52. The average molecular weight is 341 g/mol. The smallest absolute Gasteiger partial charge is 0.433 e. The second kappa shape index (κ2) is 5.54. The molecule has 1 amide bonds. The molecular weight excluding hydrogens is 327 g/mol. The van der Waals surface area contributed by atoms with Crippen LogP contribution in [0.1, 0.15) is 30.5 Å². The van der Waals surface area contributed by atoms with Gasteiger partial charge in [0, 0.05) is 19.2 Å². The first-order valence-electron chi connectivity index (χ1n) is 7.35. The van der Waals surface area contributed by atoms with Gasteiger partial charge in [-0.15, -0.1) is 0 Å². The third-order valence-electron chi connectivity index (χ3n) is 4.54. The maximum Gasteiger partial charge on any atom is 0.433 e. The Morgan fingerprint density at radius 3 is 2.71 bits per heavy atom. The Morgan fingerprint density at radius 2 is 2.17 bits per heavy atom. The number of hydrogen-bond donors (Lipinski definition) is 1. The summed E-state index contributed by atoms with van der Waals surface area (Å²) in [5.41, 5.74) is -1.48. The summed E-state index contributed by atoms with van der Waals surface area (Å²) >= 11 is 0. The molecule has 1 spiro atoms. The van der Waals surface area contributed by atoms with Gasteiger partial charge < -0.3 is 14.7 Å². The van der Waals surface area contributed by atoms with Crippen LogP contribution in [0.5, 0.6) is 5.88 Å². The molecule has 0 aromatic carbocycles. The summed E-state index contributed by atoms with van der Waals surface area (Å²) in [4.78, 5) is 15.7. The molecule has 1 aromatic rings. The molecule has 1 saturated heterocycles. The lowest BCUT2D eigenvalue weighted by Crippen LogP contribution is -2.46. The van der Waals surface area contributed by atoms with E-state index in [1.165, 1.54) is 11.0 Å². The highest BCUT2D eigenvalue weighted by atomic mass is 19.4. The van der Waals surface area contributed by atoms with E-state index < -0.39 is 18.0 Å². The van der Waals surface area contributed by atoms with E-state index in [0.717, 1.165) is 6.42 Å². The standard InChI is InChI=1S/C15H14F3N3O3/c16-15(17,18)11-3-9(7-19)4-12(20-11)24-10-5-14(6-10)1-2-21(8-14)13(22)23/h3-4,10H,1-2,5-6,8H2,(H,22,23). The lowest BCUT2D eigenvalue weighted by molar-refractivity contribution is -0.141. The first-order chi connectivity index (χ1) is 11.2. The van der Waals surface area contributed by atoms with Gasteiger partial charge in [0.05, 0.1) is 11.6 Å². The van der Waals surface area contributed by atoms with Gasteiger partial charge in [-0.25, -0.2) is 9.78 Å². The molecule has 3 rings (SSSR count). The summed E-state index contributed by atoms with van der Waals surface area (Å²) in [6.45, 7) is 0.879. The molecule has 2 heterocycles. The maximum atomic E-state index is 12.8. The minimum atomic E-state index is -4.65. The largest absolute Gasteiger partial charge is 0.474 e. The van der Waals surface area contributed by atoms with Crippen LogP contribution in [-0.4, -0.2) is 40.3 Å². The van der Waals surface area contributed by atoms with Crippen molar-refractivity contribution in [1.82, 2.24) is 9.88 Å². The lowest BCUT2D eigenvalue weighted by Gasteiger charge is -2.44. The molecule has 128 valence electrons. The second-order valence-electron chi connectivity index (χ2n) is 6.29. The Hall–Kier alpha value is -2.50. The van der Waals surface area contributed by atoms with Crippen LogP contribution in [-0.2, 0) is 6.18 Å². The van der Waals surface area contributed by atoms with Crippen molar-refractivity contribution >= 4 is 6.09 Å². The number of likely N-dealkylation sites (tertiary alicyclic amines) is 1. The van der Waals surface area contributed by atoms with Crippen molar-refractivity contribution in [2.45, 2.75) is 31.5 Å². The number of nitrogens with zero attached hydrogens (tertiary/aromatic N) is 3. The van der Waals surface area contributed by atoms with Gasteiger partial charge in [-0.3, -0.25) is 0 Å². The van der Waals surface area contributed by atoms with E-state index in [0.29, 0.717) is 32.0 Å². The summed E-state index contributed by atoms with van der Waals surface area (Å²) in [6.07, 6.45) is -4.08. The molecule has 9 heteroatoms. The predicted octanol–water partition coefficient (Wildman–Crippen LogP) is 2.88. The van der Waals surface area contributed by atoms with E-state index in [4.69, 9.17) is 15.1 Å². The molecule has 2 fully saturated rings. The Kier molecular flexibility index (Phi) is 3.78. The number of ether oxygens (including phenoxy) is 1. The number of halogens is 3. The number of carboxylic acid groups (broad SMARTS) is 1. The van der Waals surface area contributed by atoms with Gasteiger partial charge in [-0.2, -0.15) is 18.4 Å². The van der Waals surface area contributed by atoms with E-state index >= 15 is 0 Å². The molecule has 0 unspecified atom stereocenters. The minimum Gasteiger partial charge on any atom is -0.474 e. The monoisotopic (exact) mass is 341 g/mol. The van der Waals surface area contributed by atoms with Crippen molar-refractivity contribution in [2.75, 3.05) is 13.1 Å². The summed E-state index contributed by atoms with van der Waals surface area (Å²) in [5, 5.41) is 17.8. The Balaban J connectivity index is 1.66. The summed E-state index contributed by atoms with van der Waals surface area (Å²) in [7, 11) is 0. The molecule has 1 aliphatic heterocycles. The van der Waals surface area contributed by atoms with Crippen LogP contribution in [0.25, 0.3) is 0 Å². The lowest BCUT2D eigenvalue weighted by atomic mass is 9.66. The number of hydrogen-bond acceptors (Lipinski definition) is 4. The molecule has 1 saturated carbocycles. The highest BCUT2D eigenvalue weighted by Gasteiger charge is 2.50. The topological polar surface area (TPSA) is 86.5 Å². The van der Waals surface area contributed by atoms with Gasteiger partial charge in [0.1, 0.15) is 11.8 Å². The van der Waals surface area contributed by atoms with Crippen molar-refractivity contribution < 1.29 is 27.8 Å². The van der Waals surface area contributed by atoms with E-state index in [9.17, 15) is 18.0 Å². The SMILES string of the molecule is N#Cc1cc(OC2CC3(CCN(C(=O)O)C3)C2)nc(C(F)(F)F)c1. The minimum absolute atomic E-state index is 0.150. The summed E-state index contributed by atoms with van der Waals surface area (Å²) in [5.74, 6) is -0.227. The zero-order chi connectivity index (χ0) is 17.5. The number of amides is 1. The predicted molar refractivity (Wildman–Crippen MR) is 74.3 cm³/mol. The van der Waals surface area contributed by atoms with Crippen LogP contribution in [0.3, 0.4) is 0 Å². The van der Waals surface area contributed by atoms with Crippen LogP contribution >= 0.6 is 0 Å². The molecule has 0 atom stereocenters. The Bertz CT molecular complexity index is 708. The Morgan fingerprint density at radius 1 is 1.46 bits per heavy atom. The van der Waals surface area contributed by atoms with Crippen molar-refractivity contribution in [3.05, 3.63) is 23.4 Å². The molecule has 1 N–H and O–H groups in total. The number of nitriles is 1. The molecule has 6 nitrogen and oxygen atoms in total. The molecule has 2 aliphatic rings. The number of alkyl halides is 3. The van der Waals surface area contributed by atoms with Crippen molar-refractivity contribution in [3.8, 4) is 11.9 Å². The fraction of sp³-hybridized carbons (Fsp3) is 0.533. The fourth-order valence-corrected chi connectivity index (χ4v) is 3.37. The molecule has 24 heavy (non-hydrogen) atoms. The second-order valence-corrected chi connectivity index (χ2v) is 6.29. The number of aromatic nitrogens is 1. The first-order valence-corrected chi connectivity index (χ1v) is 7.35. The van der Waals surface area contributed by atoms with Gasteiger partial charge >= 0.3 is 12.3 Å². The zero-order valence-electron chi connectivity index (χ0n) is 12.5. The number of rotatable bonds is 2. The van der Waals surface area contributed by atoms with Crippen LogP contribution in [0.15, 0.2) is 12.1 Å². The number of pyridine rings is 1. The summed E-state index contributed by atoms with van der Waals surface area (Å²) < 4.78 is 43.8. The maximum absolute atomic E-state index is 12.8. The van der Waals surface area contributed by atoms with Gasteiger partial charge in [0.2, 0.25) is 5.88 Å². The van der Waals surface area contributed by atoms with Crippen molar-refractivity contribution in [2.24, 2.45) is 5.41 Å². The normalized spacial score (nSPS) is 26.1. The van der Waals surface area contributed by atoms with Crippen molar-refractivity contribution in [1.29, 1.82) is 5.26 Å². The quantitative estimate of drug-likeness (QED) is 0.894. The van der Waals surface area contributed by atoms with E-state index in [-0.39, 0.29) is 23.0 Å². The van der Waals surface area contributed by atoms with Crippen LogP contribution < -0.4 is 4.74 Å². The highest BCUT2D eigenvalue weighted by Crippen LogP contribution is 2.49. The third kappa shape index (κ3) is 3.09. The zero-order valence-corrected chi connectivity index (χ0v) is 12.5. The number of carbonyl (C=O) groups is 1. The van der Waals surface area contributed by atoms with Gasteiger partial charge in [0.25, 0.3) is 0 Å². The molecule has 1 aromatic heterocycles. The van der Waals surface area contributed by atoms with E-state index in [2.05, 4.69) is 4.98 Å². The van der Waals surface area contributed by atoms with Crippen molar-refractivity contribution in [3.63, 3.8) is 0 Å². The van der Waals surface area contributed by atoms with Crippen LogP contribution in [0, 0.1) is 16.7 Å². The molecule has 0 radical (unpaired) electrons. The third-order valence-corrected chi connectivity index (χ3v) is 4.54. The average Bonchev–Trinajstić information content (AvgIpc) is 2.91. The van der Waals surface area contributed by atoms with Gasteiger partial charge in [-0.05, 0) is 30.7 Å². The fourth-order valence-electron chi connectivity index (χ4n) is 3.37. The van der Waals surface area contributed by atoms with Crippen LogP contribution in [0.2, 0.25) is 0 Å². The molecule has 1 aliphatic carbocycles. The first kappa shape index (κ1) is 16.4. The van der Waals surface area contributed by atoms with Gasteiger partial charge in [-0.1, -0.05) is 0 Å².